The maximum absolute atomic E-state index is 13.6. The van der Waals surface area contributed by atoms with Crippen LogP contribution in [0.5, 0.6) is 0 Å². The summed E-state index contributed by atoms with van der Waals surface area (Å²) >= 11 is 3.27. The first-order valence-corrected chi connectivity index (χ1v) is 6.06. The predicted octanol–water partition coefficient (Wildman–Crippen LogP) is 3.37. The first-order valence-electron chi connectivity index (χ1n) is 5.27. The molecular weight excluding hydrogens is 275 g/mol. The van der Waals surface area contributed by atoms with Crippen LogP contribution in [0.15, 0.2) is 16.6 Å². The van der Waals surface area contributed by atoms with E-state index in [0.717, 1.165) is 12.2 Å². The fraction of sp³-hybridized carbons (Fsp3) is 0.500. The summed E-state index contributed by atoms with van der Waals surface area (Å²) in [6.07, 6.45) is 0.102. The smallest absolute Gasteiger partial charge is 0.140 e. The highest BCUT2D eigenvalue weighted by Gasteiger charge is 2.24. The molecule has 88 valence electrons. The van der Waals surface area contributed by atoms with Crippen molar-refractivity contribution in [1.29, 1.82) is 0 Å². The van der Waals surface area contributed by atoms with E-state index in [4.69, 9.17) is 9.47 Å². The lowest BCUT2D eigenvalue weighted by Crippen LogP contribution is -2.07. The zero-order valence-corrected chi connectivity index (χ0v) is 10.9. The van der Waals surface area contributed by atoms with Gasteiger partial charge in [0.15, 0.2) is 0 Å². The number of aryl methyl sites for hydroxylation is 1. The second kappa shape index (κ2) is 4.82. The van der Waals surface area contributed by atoms with Crippen LogP contribution in [0.25, 0.3) is 0 Å². The molecule has 0 aliphatic carbocycles. The minimum Gasteiger partial charge on any atom is -0.371 e. The van der Waals surface area contributed by atoms with E-state index in [1.54, 1.807) is 13.0 Å². The molecule has 1 aromatic rings. The van der Waals surface area contributed by atoms with Gasteiger partial charge in [-0.25, -0.2) is 4.39 Å². The third-order valence-electron chi connectivity index (χ3n) is 2.68. The van der Waals surface area contributed by atoms with Gasteiger partial charge in [0.05, 0.1) is 23.8 Å². The Hall–Kier alpha value is -0.450. The van der Waals surface area contributed by atoms with Gasteiger partial charge in [-0.05, 0) is 40.9 Å². The molecule has 16 heavy (non-hydrogen) atoms. The molecule has 0 aromatic heterocycles. The molecule has 1 aliphatic rings. The molecule has 4 heteroatoms. The Morgan fingerprint density at radius 3 is 2.94 bits per heavy atom. The van der Waals surface area contributed by atoms with Crippen LogP contribution < -0.4 is 0 Å². The summed E-state index contributed by atoms with van der Waals surface area (Å²) < 4.78 is 24.8. The van der Waals surface area contributed by atoms with Gasteiger partial charge in [0, 0.05) is 0 Å². The highest BCUT2D eigenvalue weighted by atomic mass is 79.9. The summed E-state index contributed by atoms with van der Waals surface area (Å²) in [5.41, 5.74) is 1.47. The van der Waals surface area contributed by atoms with E-state index in [2.05, 4.69) is 15.9 Å². The third-order valence-corrected chi connectivity index (χ3v) is 3.48. The van der Waals surface area contributed by atoms with E-state index < -0.39 is 0 Å². The molecule has 2 rings (SSSR count). The Labute approximate surface area is 103 Å². The van der Waals surface area contributed by atoms with Gasteiger partial charge in [0.1, 0.15) is 11.9 Å². The Balaban J connectivity index is 2.09. The van der Waals surface area contributed by atoms with Gasteiger partial charge >= 0.3 is 0 Å². The lowest BCUT2D eigenvalue weighted by atomic mass is 10.1. The minimum absolute atomic E-state index is 0.131. The lowest BCUT2D eigenvalue weighted by Gasteiger charge is -2.15. The Bertz CT molecular complexity index is 391. The molecule has 1 aromatic carbocycles. The van der Waals surface area contributed by atoms with Crippen LogP contribution in [0.4, 0.5) is 4.39 Å². The van der Waals surface area contributed by atoms with Crippen molar-refractivity contribution >= 4 is 15.9 Å². The summed E-state index contributed by atoms with van der Waals surface area (Å²) in [5.74, 6) is -0.212. The van der Waals surface area contributed by atoms with Crippen LogP contribution in [0.2, 0.25) is 0 Å². The average Bonchev–Trinajstić information content (AvgIpc) is 3.07. The van der Waals surface area contributed by atoms with Crippen molar-refractivity contribution in [2.75, 3.05) is 13.2 Å². The van der Waals surface area contributed by atoms with E-state index in [1.165, 1.54) is 0 Å². The molecule has 1 saturated heterocycles. The molecule has 2 nitrogen and oxygen atoms in total. The van der Waals surface area contributed by atoms with Crippen molar-refractivity contribution in [2.45, 2.75) is 26.1 Å². The third kappa shape index (κ3) is 2.62. The number of rotatable bonds is 4. The fourth-order valence-electron chi connectivity index (χ4n) is 1.48. The van der Waals surface area contributed by atoms with Gasteiger partial charge in [-0.1, -0.05) is 12.1 Å². The van der Waals surface area contributed by atoms with E-state index in [0.29, 0.717) is 16.6 Å². The quantitative estimate of drug-likeness (QED) is 0.793. The summed E-state index contributed by atoms with van der Waals surface area (Å²) in [6, 6.07) is 3.66. The Kier molecular flexibility index (Phi) is 3.62. The average molecular weight is 289 g/mol. The largest absolute Gasteiger partial charge is 0.371 e. The maximum Gasteiger partial charge on any atom is 0.140 e. The molecule has 0 spiro atoms. The van der Waals surface area contributed by atoms with Crippen LogP contribution in [0, 0.1) is 12.7 Å². The SMILES string of the molecule is Cc1ccc([C@@H](C)OC[C@H]2CO2)c(Br)c1F. The van der Waals surface area contributed by atoms with Gasteiger partial charge < -0.3 is 9.47 Å². The standard InChI is InChI=1S/C12H14BrFO2/c1-7-3-4-10(11(13)12(7)14)8(2)15-5-9-6-16-9/h3-4,8-9H,5-6H2,1-2H3/t8-,9+/m1/s1. The van der Waals surface area contributed by atoms with Gasteiger partial charge in [0.2, 0.25) is 0 Å². The van der Waals surface area contributed by atoms with E-state index in [1.807, 2.05) is 13.0 Å². The van der Waals surface area contributed by atoms with Gasteiger partial charge in [-0.3, -0.25) is 0 Å². The summed E-state index contributed by atoms with van der Waals surface area (Å²) in [5, 5.41) is 0. The molecule has 0 unspecified atom stereocenters. The molecule has 0 amide bonds. The Morgan fingerprint density at radius 2 is 2.31 bits per heavy atom. The number of hydrogen-bond acceptors (Lipinski definition) is 2. The zero-order valence-electron chi connectivity index (χ0n) is 9.30. The van der Waals surface area contributed by atoms with Crippen LogP contribution in [-0.2, 0) is 9.47 Å². The number of halogens is 2. The van der Waals surface area contributed by atoms with Crippen molar-refractivity contribution in [3.63, 3.8) is 0 Å². The van der Waals surface area contributed by atoms with E-state index in [-0.39, 0.29) is 18.0 Å². The maximum atomic E-state index is 13.6. The van der Waals surface area contributed by atoms with Gasteiger partial charge in [-0.2, -0.15) is 0 Å². The highest BCUT2D eigenvalue weighted by molar-refractivity contribution is 9.10. The predicted molar refractivity (Wildman–Crippen MR) is 62.9 cm³/mol. The second-order valence-corrected chi connectivity index (χ2v) is 4.82. The first-order chi connectivity index (χ1) is 7.59. The van der Waals surface area contributed by atoms with Gasteiger partial charge in [0.25, 0.3) is 0 Å². The molecule has 1 aliphatic heterocycles. The molecule has 2 atom stereocenters. The fourth-order valence-corrected chi connectivity index (χ4v) is 2.25. The van der Waals surface area contributed by atoms with Crippen LogP contribution in [0.1, 0.15) is 24.2 Å². The number of benzene rings is 1. The van der Waals surface area contributed by atoms with Crippen molar-refractivity contribution < 1.29 is 13.9 Å². The van der Waals surface area contributed by atoms with Crippen LogP contribution in [0.3, 0.4) is 0 Å². The summed E-state index contributed by atoms with van der Waals surface area (Å²) in [6.45, 7) is 5.00. The van der Waals surface area contributed by atoms with Crippen molar-refractivity contribution in [2.24, 2.45) is 0 Å². The minimum atomic E-state index is -0.212. The number of ether oxygens (including phenoxy) is 2. The molecule has 0 radical (unpaired) electrons. The summed E-state index contributed by atoms with van der Waals surface area (Å²) in [7, 11) is 0. The number of hydrogen-bond donors (Lipinski definition) is 0. The monoisotopic (exact) mass is 288 g/mol. The summed E-state index contributed by atoms with van der Waals surface area (Å²) in [4.78, 5) is 0. The molecular formula is C12H14BrFO2. The Morgan fingerprint density at radius 1 is 1.62 bits per heavy atom. The van der Waals surface area contributed by atoms with Gasteiger partial charge in [-0.15, -0.1) is 0 Å². The topological polar surface area (TPSA) is 21.8 Å². The number of epoxide rings is 1. The van der Waals surface area contributed by atoms with Crippen LogP contribution in [-0.4, -0.2) is 19.3 Å². The normalized spacial score (nSPS) is 20.9. The van der Waals surface area contributed by atoms with Crippen molar-refractivity contribution in [3.05, 3.63) is 33.5 Å². The molecule has 1 fully saturated rings. The van der Waals surface area contributed by atoms with Crippen molar-refractivity contribution in [3.8, 4) is 0 Å². The lowest BCUT2D eigenvalue weighted by molar-refractivity contribution is 0.0533. The molecule has 0 saturated carbocycles. The first kappa shape index (κ1) is 12.0. The van der Waals surface area contributed by atoms with E-state index >= 15 is 0 Å². The van der Waals surface area contributed by atoms with Crippen molar-refractivity contribution in [1.82, 2.24) is 0 Å². The van der Waals surface area contributed by atoms with E-state index in [9.17, 15) is 4.39 Å². The molecule has 1 heterocycles. The highest BCUT2D eigenvalue weighted by Crippen LogP contribution is 2.30. The second-order valence-electron chi connectivity index (χ2n) is 4.03. The van der Waals surface area contributed by atoms with Crippen LogP contribution >= 0.6 is 15.9 Å². The zero-order chi connectivity index (χ0) is 11.7. The molecule has 0 bridgehead atoms. The molecule has 0 N–H and O–H groups in total.